The number of hydrogen-bond donors (Lipinski definition) is 3. The van der Waals surface area contributed by atoms with Crippen molar-refractivity contribution in [3.8, 4) is 11.1 Å². The van der Waals surface area contributed by atoms with Gasteiger partial charge in [0, 0.05) is 40.6 Å². The minimum absolute atomic E-state index is 0.165. The minimum atomic E-state index is -1.01. The highest BCUT2D eigenvalue weighted by Gasteiger charge is 2.19. The summed E-state index contributed by atoms with van der Waals surface area (Å²) in [6, 6.07) is 8.51. The van der Waals surface area contributed by atoms with Crippen molar-refractivity contribution in [3.05, 3.63) is 59.8 Å². The van der Waals surface area contributed by atoms with Gasteiger partial charge < -0.3 is 15.2 Å². The zero-order chi connectivity index (χ0) is 22.0. The number of aromatic amines is 1. The van der Waals surface area contributed by atoms with Crippen molar-refractivity contribution in [3.63, 3.8) is 0 Å². The third-order valence-corrected chi connectivity index (χ3v) is 5.92. The molecular formula is C24H27F2N5. The van der Waals surface area contributed by atoms with Gasteiger partial charge in [0.1, 0.15) is 11.5 Å². The molecule has 0 unspecified atom stereocenters. The summed E-state index contributed by atoms with van der Waals surface area (Å²) in [5.41, 5.74) is 3.88. The SMILES string of the molecule is CCc1[nH]c2ncc(/C(=C/NC3CCN(C)CC3)C(=N)F)cc2c1-c1cccc(F)c1. The fraction of sp³-hybridized carbons (Fsp3) is 0.333. The van der Waals surface area contributed by atoms with E-state index in [0.717, 1.165) is 54.6 Å². The number of allylic oxidation sites excluding steroid dienone is 1. The Balaban J connectivity index is 1.73. The average molecular weight is 424 g/mol. The number of nitrogens with zero attached hydrogens (tertiary/aromatic N) is 2. The number of fused-ring (bicyclic) bond motifs is 1. The van der Waals surface area contributed by atoms with Gasteiger partial charge >= 0.3 is 0 Å². The molecule has 1 aliphatic rings. The van der Waals surface area contributed by atoms with Crippen LogP contribution in [-0.2, 0) is 6.42 Å². The van der Waals surface area contributed by atoms with Crippen LogP contribution in [0, 0.1) is 11.2 Å². The molecule has 1 aromatic carbocycles. The molecule has 31 heavy (non-hydrogen) atoms. The van der Waals surface area contributed by atoms with E-state index in [9.17, 15) is 8.78 Å². The van der Waals surface area contributed by atoms with Crippen LogP contribution in [0.2, 0.25) is 0 Å². The molecule has 0 amide bonds. The molecule has 2 aromatic heterocycles. The minimum Gasteiger partial charge on any atom is -0.387 e. The van der Waals surface area contributed by atoms with E-state index in [1.165, 1.54) is 12.1 Å². The van der Waals surface area contributed by atoms with Gasteiger partial charge in [-0.05, 0) is 63.2 Å². The molecule has 3 aromatic rings. The molecule has 1 aliphatic heterocycles. The predicted molar refractivity (Wildman–Crippen MR) is 121 cm³/mol. The van der Waals surface area contributed by atoms with E-state index in [2.05, 4.69) is 27.2 Å². The molecule has 3 N–H and O–H groups in total. The van der Waals surface area contributed by atoms with Gasteiger partial charge in [-0.2, -0.15) is 4.39 Å². The smallest absolute Gasteiger partial charge is 0.214 e. The van der Waals surface area contributed by atoms with Crippen molar-refractivity contribution < 1.29 is 8.78 Å². The van der Waals surface area contributed by atoms with E-state index in [1.54, 1.807) is 18.5 Å². The van der Waals surface area contributed by atoms with Gasteiger partial charge in [-0.15, -0.1) is 0 Å². The lowest BCUT2D eigenvalue weighted by Gasteiger charge is -2.29. The first kappa shape index (κ1) is 21.2. The fourth-order valence-electron chi connectivity index (χ4n) is 4.16. The van der Waals surface area contributed by atoms with Gasteiger partial charge in [0.15, 0.2) is 0 Å². The number of H-pyrrole nitrogens is 1. The number of nitrogens with one attached hydrogen (secondary N) is 3. The molecule has 0 aliphatic carbocycles. The van der Waals surface area contributed by atoms with E-state index < -0.39 is 5.97 Å². The highest BCUT2D eigenvalue weighted by atomic mass is 19.1. The van der Waals surface area contributed by atoms with Crippen molar-refractivity contribution in [2.24, 2.45) is 0 Å². The van der Waals surface area contributed by atoms with Gasteiger partial charge in [-0.3, -0.25) is 5.41 Å². The Morgan fingerprint density at radius 2 is 2.10 bits per heavy atom. The summed E-state index contributed by atoms with van der Waals surface area (Å²) in [6.07, 6.45) is 5.83. The third kappa shape index (κ3) is 4.51. The lowest BCUT2D eigenvalue weighted by Crippen LogP contribution is -2.39. The predicted octanol–water partition coefficient (Wildman–Crippen LogP) is 4.90. The largest absolute Gasteiger partial charge is 0.387 e. The first-order chi connectivity index (χ1) is 15.0. The molecule has 1 fully saturated rings. The van der Waals surface area contributed by atoms with Gasteiger partial charge in [-0.1, -0.05) is 19.1 Å². The monoisotopic (exact) mass is 423 g/mol. The van der Waals surface area contributed by atoms with Crippen molar-refractivity contribution in [1.29, 1.82) is 5.41 Å². The van der Waals surface area contributed by atoms with Crippen LogP contribution in [0.3, 0.4) is 0 Å². The van der Waals surface area contributed by atoms with E-state index in [-0.39, 0.29) is 17.4 Å². The quantitative estimate of drug-likeness (QED) is 0.494. The Morgan fingerprint density at radius 1 is 1.32 bits per heavy atom. The fourth-order valence-corrected chi connectivity index (χ4v) is 4.16. The van der Waals surface area contributed by atoms with E-state index >= 15 is 0 Å². The van der Waals surface area contributed by atoms with E-state index in [1.807, 2.05) is 19.1 Å². The van der Waals surface area contributed by atoms with Gasteiger partial charge in [0.2, 0.25) is 5.97 Å². The Bertz CT molecular complexity index is 1130. The summed E-state index contributed by atoms with van der Waals surface area (Å²) in [6.45, 7) is 3.99. The van der Waals surface area contributed by atoms with Crippen LogP contribution < -0.4 is 5.32 Å². The number of pyridine rings is 1. The normalized spacial score (nSPS) is 16.1. The maximum atomic E-state index is 14.2. The molecule has 1 saturated heterocycles. The Kier molecular flexibility index (Phi) is 6.13. The van der Waals surface area contributed by atoms with Crippen LogP contribution in [0.15, 0.2) is 42.7 Å². The second-order valence-electron chi connectivity index (χ2n) is 8.08. The van der Waals surface area contributed by atoms with Gasteiger partial charge in [0.25, 0.3) is 0 Å². The summed E-state index contributed by atoms with van der Waals surface area (Å²) in [7, 11) is 2.09. The molecule has 0 bridgehead atoms. The van der Waals surface area contributed by atoms with Crippen LogP contribution in [0.5, 0.6) is 0 Å². The Hall–Kier alpha value is -3.06. The maximum Gasteiger partial charge on any atom is 0.214 e. The standard InChI is InChI=1S/C24H27F2N5/c1-3-21-22(15-5-4-6-17(25)11-15)19-12-16(13-29-24(19)30-21)20(23(26)27)14-28-18-7-9-31(2)10-8-18/h4-6,11-14,18,27-28H,3,7-10H2,1-2H3,(H,29,30)/b20-14-,27-23?. The topological polar surface area (TPSA) is 67.8 Å². The number of hydrogen-bond acceptors (Lipinski definition) is 4. The Morgan fingerprint density at radius 3 is 2.77 bits per heavy atom. The molecule has 3 heterocycles. The van der Waals surface area contributed by atoms with Crippen LogP contribution in [0.4, 0.5) is 8.78 Å². The van der Waals surface area contributed by atoms with Crippen molar-refractivity contribution in [2.45, 2.75) is 32.2 Å². The van der Waals surface area contributed by atoms with E-state index in [0.29, 0.717) is 11.2 Å². The third-order valence-electron chi connectivity index (χ3n) is 5.92. The van der Waals surface area contributed by atoms with Crippen molar-refractivity contribution in [1.82, 2.24) is 20.2 Å². The first-order valence-corrected chi connectivity index (χ1v) is 10.6. The van der Waals surface area contributed by atoms with E-state index in [4.69, 9.17) is 5.41 Å². The van der Waals surface area contributed by atoms with Crippen LogP contribution in [0.1, 0.15) is 31.0 Å². The van der Waals surface area contributed by atoms with Crippen LogP contribution in [-0.4, -0.2) is 47.0 Å². The summed E-state index contributed by atoms with van der Waals surface area (Å²) in [5.74, 6) is -1.33. The molecule has 0 saturated carbocycles. The first-order valence-electron chi connectivity index (χ1n) is 10.6. The molecule has 162 valence electrons. The number of likely N-dealkylation sites (tertiary alicyclic amines) is 1. The summed E-state index contributed by atoms with van der Waals surface area (Å²) in [5, 5.41) is 11.7. The zero-order valence-electron chi connectivity index (χ0n) is 17.8. The second kappa shape index (κ2) is 8.98. The highest BCUT2D eigenvalue weighted by molar-refractivity contribution is 6.18. The lowest BCUT2D eigenvalue weighted by atomic mass is 9.99. The number of benzene rings is 1. The zero-order valence-corrected chi connectivity index (χ0v) is 17.8. The van der Waals surface area contributed by atoms with Gasteiger partial charge in [0.05, 0.1) is 5.57 Å². The van der Waals surface area contributed by atoms with Crippen LogP contribution >= 0.6 is 0 Å². The molecule has 5 nitrogen and oxygen atoms in total. The molecule has 4 rings (SSSR count). The summed E-state index contributed by atoms with van der Waals surface area (Å²) < 4.78 is 28.1. The number of halogens is 2. The summed E-state index contributed by atoms with van der Waals surface area (Å²) >= 11 is 0. The number of piperidine rings is 1. The Labute approximate surface area is 180 Å². The molecule has 0 atom stereocenters. The van der Waals surface area contributed by atoms with Crippen LogP contribution in [0.25, 0.3) is 27.7 Å². The second-order valence-corrected chi connectivity index (χ2v) is 8.08. The number of aromatic nitrogens is 2. The molecule has 0 radical (unpaired) electrons. The number of aryl methyl sites for hydroxylation is 1. The average Bonchev–Trinajstić information content (AvgIpc) is 3.13. The van der Waals surface area contributed by atoms with Crippen molar-refractivity contribution in [2.75, 3.05) is 20.1 Å². The highest BCUT2D eigenvalue weighted by Crippen LogP contribution is 2.34. The molecular weight excluding hydrogens is 396 g/mol. The summed E-state index contributed by atoms with van der Waals surface area (Å²) in [4.78, 5) is 10.0. The van der Waals surface area contributed by atoms with Gasteiger partial charge in [-0.25, -0.2) is 9.37 Å². The maximum absolute atomic E-state index is 14.2. The van der Waals surface area contributed by atoms with Crippen molar-refractivity contribution >= 4 is 22.6 Å². The lowest BCUT2D eigenvalue weighted by molar-refractivity contribution is 0.244. The number of rotatable bonds is 6. The molecule has 7 heteroatoms. The molecule has 0 spiro atoms.